The van der Waals surface area contributed by atoms with Gasteiger partial charge in [0.25, 0.3) is 5.91 Å². The van der Waals surface area contributed by atoms with E-state index >= 15 is 0 Å². The predicted octanol–water partition coefficient (Wildman–Crippen LogP) is 2.91. The molecule has 1 heterocycles. The average molecular weight is 299 g/mol. The Kier molecular flexibility index (Phi) is 3.84. The quantitative estimate of drug-likeness (QED) is 0.921. The van der Waals surface area contributed by atoms with Crippen LogP contribution < -0.4 is 10.1 Å². The van der Waals surface area contributed by atoms with Crippen molar-refractivity contribution in [3.8, 4) is 11.8 Å². The standard InChI is InChI=1S/C15H13N3O2S/c16-7-10-1-5-12(6-2-10)20-8-14(19)18-15-17-13(9-21-15)11-3-4-11/h1-2,5-6,9,11H,3-4,8H2,(H,17,18,19). The highest BCUT2D eigenvalue weighted by Gasteiger charge is 2.26. The summed E-state index contributed by atoms with van der Waals surface area (Å²) in [6.07, 6.45) is 2.39. The Morgan fingerprint density at radius 3 is 2.86 bits per heavy atom. The lowest BCUT2D eigenvalue weighted by Gasteiger charge is -2.05. The number of hydrogen-bond acceptors (Lipinski definition) is 5. The molecule has 0 radical (unpaired) electrons. The minimum Gasteiger partial charge on any atom is -0.484 e. The molecule has 1 amide bonds. The number of nitrogens with zero attached hydrogens (tertiary/aromatic N) is 2. The first-order chi connectivity index (χ1) is 10.2. The van der Waals surface area contributed by atoms with Crippen LogP contribution in [0.3, 0.4) is 0 Å². The third-order valence-corrected chi connectivity index (χ3v) is 3.89. The molecule has 6 heteroatoms. The van der Waals surface area contributed by atoms with E-state index in [1.54, 1.807) is 24.3 Å². The second-order valence-electron chi connectivity index (χ2n) is 4.82. The molecule has 0 saturated heterocycles. The van der Waals surface area contributed by atoms with E-state index in [-0.39, 0.29) is 12.5 Å². The lowest BCUT2D eigenvalue weighted by molar-refractivity contribution is -0.118. The van der Waals surface area contributed by atoms with Crippen molar-refractivity contribution in [2.24, 2.45) is 0 Å². The highest BCUT2D eigenvalue weighted by molar-refractivity contribution is 7.13. The van der Waals surface area contributed by atoms with Crippen molar-refractivity contribution in [2.75, 3.05) is 11.9 Å². The van der Waals surface area contributed by atoms with Crippen LogP contribution in [0.15, 0.2) is 29.6 Å². The topological polar surface area (TPSA) is 75.0 Å². The maximum absolute atomic E-state index is 11.8. The van der Waals surface area contributed by atoms with Gasteiger partial charge in [-0.2, -0.15) is 5.26 Å². The van der Waals surface area contributed by atoms with Gasteiger partial charge in [0.2, 0.25) is 0 Å². The number of thiazole rings is 1. The van der Waals surface area contributed by atoms with Crippen LogP contribution in [0.4, 0.5) is 5.13 Å². The van der Waals surface area contributed by atoms with Gasteiger partial charge in [-0.25, -0.2) is 4.98 Å². The second kappa shape index (κ2) is 5.94. The van der Waals surface area contributed by atoms with Crippen LogP contribution >= 0.6 is 11.3 Å². The fourth-order valence-electron chi connectivity index (χ4n) is 1.84. The molecule has 1 fully saturated rings. The van der Waals surface area contributed by atoms with E-state index in [0.29, 0.717) is 22.4 Å². The van der Waals surface area contributed by atoms with Gasteiger partial charge in [-0.05, 0) is 37.1 Å². The Labute approximate surface area is 126 Å². The smallest absolute Gasteiger partial charge is 0.264 e. The Morgan fingerprint density at radius 2 is 2.19 bits per heavy atom. The minimum atomic E-state index is -0.240. The Morgan fingerprint density at radius 1 is 1.43 bits per heavy atom. The number of carbonyl (C=O) groups is 1. The van der Waals surface area contributed by atoms with Gasteiger partial charge < -0.3 is 4.74 Å². The van der Waals surface area contributed by atoms with Gasteiger partial charge in [0.05, 0.1) is 17.3 Å². The van der Waals surface area contributed by atoms with Crippen molar-refractivity contribution in [1.82, 2.24) is 4.98 Å². The molecule has 106 valence electrons. The maximum Gasteiger partial charge on any atom is 0.264 e. The summed E-state index contributed by atoms with van der Waals surface area (Å²) in [6, 6.07) is 8.66. The number of benzene rings is 1. The Balaban J connectivity index is 1.50. The van der Waals surface area contributed by atoms with E-state index in [1.165, 1.54) is 24.2 Å². The molecule has 0 spiro atoms. The summed E-state index contributed by atoms with van der Waals surface area (Å²) in [7, 11) is 0. The maximum atomic E-state index is 11.8. The van der Waals surface area contributed by atoms with Crippen molar-refractivity contribution in [3.05, 3.63) is 40.9 Å². The molecule has 1 N–H and O–H groups in total. The van der Waals surface area contributed by atoms with E-state index in [0.717, 1.165) is 5.69 Å². The summed E-state index contributed by atoms with van der Waals surface area (Å²) in [5.74, 6) is 0.903. The molecule has 3 rings (SSSR count). The lowest BCUT2D eigenvalue weighted by atomic mass is 10.2. The van der Waals surface area contributed by atoms with Crippen molar-refractivity contribution in [3.63, 3.8) is 0 Å². The molecule has 1 aliphatic carbocycles. The van der Waals surface area contributed by atoms with Gasteiger partial charge in [0.15, 0.2) is 11.7 Å². The monoisotopic (exact) mass is 299 g/mol. The fourth-order valence-corrected chi connectivity index (χ4v) is 2.65. The third kappa shape index (κ3) is 3.58. The summed E-state index contributed by atoms with van der Waals surface area (Å²) < 4.78 is 5.36. The first-order valence-corrected chi connectivity index (χ1v) is 7.51. The van der Waals surface area contributed by atoms with Crippen LogP contribution in [0, 0.1) is 11.3 Å². The molecule has 1 aliphatic rings. The largest absolute Gasteiger partial charge is 0.484 e. The molecule has 1 saturated carbocycles. The molecule has 0 aliphatic heterocycles. The summed E-state index contributed by atoms with van der Waals surface area (Å²) in [4.78, 5) is 16.2. The van der Waals surface area contributed by atoms with E-state index in [4.69, 9.17) is 10.00 Å². The number of hydrogen-bond donors (Lipinski definition) is 1. The molecule has 0 unspecified atom stereocenters. The second-order valence-corrected chi connectivity index (χ2v) is 5.68. The van der Waals surface area contributed by atoms with Crippen LogP contribution in [0.5, 0.6) is 5.75 Å². The van der Waals surface area contributed by atoms with Gasteiger partial charge in [0.1, 0.15) is 5.75 Å². The predicted molar refractivity (Wildman–Crippen MR) is 79.4 cm³/mol. The van der Waals surface area contributed by atoms with Gasteiger partial charge in [-0.15, -0.1) is 11.3 Å². The number of aromatic nitrogens is 1. The fraction of sp³-hybridized carbons (Fsp3) is 0.267. The molecular formula is C15H13N3O2S. The molecular weight excluding hydrogens is 286 g/mol. The average Bonchev–Trinajstić information content (AvgIpc) is 3.26. The number of nitrogens with one attached hydrogen (secondary N) is 1. The minimum absolute atomic E-state index is 0.0791. The van der Waals surface area contributed by atoms with Crippen LogP contribution in [0.25, 0.3) is 0 Å². The van der Waals surface area contributed by atoms with Gasteiger partial charge in [0, 0.05) is 11.3 Å². The molecule has 1 aromatic heterocycles. The summed E-state index contributed by atoms with van der Waals surface area (Å²) in [5.41, 5.74) is 1.63. The number of amides is 1. The lowest BCUT2D eigenvalue weighted by Crippen LogP contribution is -2.20. The van der Waals surface area contributed by atoms with Crippen molar-refractivity contribution < 1.29 is 9.53 Å². The van der Waals surface area contributed by atoms with Crippen LogP contribution in [-0.2, 0) is 4.79 Å². The Bertz CT molecular complexity index is 684. The number of ether oxygens (including phenoxy) is 1. The van der Waals surface area contributed by atoms with E-state index in [1.807, 2.05) is 11.4 Å². The zero-order valence-electron chi connectivity index (χ0n) is 11.2. The van der Waals surface area contributed by atoms with Crippen molar-refractivity contribution in [2.45, 2.75) is 18.8 Å². The van der Waals surface area contributed by atoms with Crippen molar-refractivity contribution in [1.29, 1.82) is 5.26 Å². The number of rotatable bonds is 5. The SMILES string of the molecule is N#Cc1ccc(OCC(=O)Nc2nc(C3CC3)cs2)cc1. The molecule has 5 nitrogen and oxygen atoms in total. The highest BCUT2D eigenvalue weighted by atomic mass is 32.1. The van der Waals surface area contributed by atoms with Gasteiger partial charge >= 0.3 is 0 Å². The molecule has 0 bridgehead atoms. The van der Waals surface area contributed by atoms with Crippen LogP contribution in [0.1, 0.15) is 30.0 Å². The van der Waals surface area contributed by atoms with E-state index < -0.39 is 0 Å². The molecule has 1 aromatic carbocycles. The van der Waals surface area contributed by atoms with Crippen LogP contribution in [0.2, 0.25) is 0 Å². The first kappa shape index (κ1) is 13.6. The zero-order chi connectivity index (χ0) is 14.7. The normalized spacial score (nSPS) is 13.5. The van der Waals surface area contributed by atoms with E-state index in [9.17, 15) is 4.79 Å². The highest BCUT2D eigenvalue weighted by Crippen LogP contribution is 2.40. The molecule has 2 aromatic rings. The van der Waals surface area contributed by atoms with Crippen LogP contribution in [-0.4, -0.2) is 17.5 Å². The molecule has 21 heavy (non-hydrogen) atoms. The van der Waals surface area contributed by atoms with Crippen molar-refractivity contribution >= 4 is 22.4 Å². The Hall–Kier alpha value is -2.39. The third-order valence-electron chi connectivity index (χ3n) is 3.12. The summed E-state index contributed by atoms with van der Waals surface area (Å²) in [6.45, 7) is -0.0791. The van der Waals surface area contributed by atoms with E-state index in [2.05, 4.69) is 10.3 Å². The summed E-state index contributed by atoms with van der Waals surface area (Å²) in [5, 5.41) is 14.0. The van der Waals surface area contributed by atoms with Gasteiger partial charge in [-0.1, -0.05) is 0 Å². The molecule has 0 atom stereocenters. The van der Waals surface area contributed by atoms with Gasteiger partial charge in [-0.3, -0.25) is 10.1 Å². The first-order valence-electron chi connectivity index (χ1n) is 6.63. The number of carbonyl (C=O) groups excluding carboxylic acids is 1. The number of anilines is 1. The zero-order valence-corrected chi connectivity index (χ0v) is 12.0. The summed E-state index contributed by atoms with van der Waals surface area (Å²) >= 11 is 1.44. The number of nitriles is 1.